The van der Waals surface area contributed by atoms with Crippen LogP contribution < -0.4 is 16.0 Å². The molecule has 0 aliphatic heterocycles. The van der Waals surface area contributed by atoms with Crippen LogP contribution in [0.25, 0.3) is 0 Å². The third-order valence-corrected chi connectivity index (χ3v) is 4.05. The molecule has 1 aromatic carbocycles. The molecule has 0 bridgehead atoms. The number of carbonyl (C=O) groups excluding carboxylic acids is 1. The first kappa shape index (κ1) is 21.8. The number of aromatic nitrogens is 1. The van der Waals surface area contributed by atoms with E-state index in [-0.39, 0.29) is 18.3 Å². The fourth-order valence-corrected chi connectivity index (χ4v) is 2.73. The summed E-state index contributed by atoms with van der Waals surface area (Å²) >= 11 is 0. The SMILES string of the molecule is Cc1cc(N)nc(CCCCCC(=O)Nc2ccc(N(C)C)cc2)c1.Cl. The Morgan fingerprint density at radius 2 is 1.81 bits per heavy atom. The van der Waals surface area contributed by atoms with E-state index >= 15 is 0 Å². The molecule has 0 saturated carbocycles. The fourth-order valence-electron chi connectivity index (χ4n) is 2.73. The number of aryl methyl sites for hydroxylation is 2. The van der Waals surface area contributed by atoms with Crippen molar-refractivity contribution in [3.05, 3.63) is 47.7 Å². The van der Waals surface area contributed by atoms with E-state index in [0.717, 1.165) is 48.3 Å². The maximum absolute atomic E-state index is 12.0. The van der Waals surface area contributed by atoms with Crippen molar-refractivity contribution in [2.45, 2.75) is 39.0 Å². The van der Waals surface area contributed by atoms with E-state index in [9.17, 15) is 4.79 Å². The van der Waals surface area contributed by atoms with Crippen molar-refractivity contribution in [2.24, 2.45) is 0 Å². The predicted molar refractivity (Wildman–Crippen MR) is 112 cm³/mol. The fraction of sp³-hybridized carbons (Fsp3) is 0.400. The molecule has 6 heteroatoms. The van der Waals surface area contributed by atoms with Gasteiger partial charge in [-0.15, -0.1) is 12.4 Å². The number of amides is 1. The third-order valence-electron chi connectivity index (χ3n) is 4.05. The minimum atomic E-state index is 0. The zero-order chi connectivity index (χ0) is 18.2. The van der Waals surface area contributed by atoms with Gasteiger partial charge in [-0.2, -0.15) is 0 Å². The number of unbranched alkanes of at least 4 members (excludes halogenated alkanes) is 2. The summed E-state index contributed by atoms with van der Waals surface area (Å²) in [5.41, 5.74) is 9.89. The monoisotopic (exact) mass is 376 g/mol. The number of halogens is 1. The molecule has 2 aromatic rings. The van der Waals surface area contributed by atoms with Crippen molar-refractivity contribution in [3.63, 3.8) is 0 Å². The second-order valence-corrected chi connectivity index (χ2v) is 6.61. The molecule has 2 rings (SSSR count). The summed E-state index contributed by atoms with van der Waals surface area (Å²) in [6, 6.07) is 11.8. The van der Waals surface area contributed by atoms with E-state index in [4.69, 9.17) is 5.73 Å². The minimum Gasteiger partial charge on any atom is -0.384 e. The molecule has 1 aromatic heterocycles. The second kappa shape index (κ2) is 10.7. The van der Waals surface area contributed by atoms with Gasteiger partial charge in [-0.1, -0.05) is 6.42 Å². The van der Waals surface area contributed by atoms with Crippen LogP contribution in [0.4, 0.5) is 17.2 Å². The van der Waals surface area contributed by atoms with Crippen LogP contribution in [0.2, 0.25) is 0 Å². The normalized spacial score (nSPS) is 10.1. The van der Waals surface area contributed by atoms with Crippen LogP contribution in [-0.4, -0.2) is 25.0 Å². The number of benzene rings is 1. The van der Waals surface area contributed by atoms with Crippen LogP contribution in [-0.2, 0) is 11.2 Å². The molecular weight excluding hydrogens is 348 g/mol. The van der Waals surface area contributed by atoms with Crippen LogP contribution in [0.15, 0.2) is 36.4 Å². The van der Waals surface area contributed by atoms with E-state index in [1.807, 2.05) is 56.3 Å². The second-order valence-electron chi connectivity index (χ2n) is 6.61. The standard InChI is InChI=1S/C20H28N4O.ClH/c1-15-13-17(22-19(21)14-15)7-5-4-6-8-20(25)23-16-9-11-18(12-10-16)24(2)3;/h9-14H,4-8H2,1-3H3,(H2,21,22)(H,23,25);1H. The summed E-state index contributed by atoms with van der Waals surface area (Å²) in [6.45, 7) is 2.02. The zero-order valence-corrected chi connectivity index (χ0v) is 16.6. The Morgan fingerprint density at radius 3 is 2.42 bits per heavy atom. The molecular formula is C20H29ClN4O. The van der Waals surface area contributed by atoms with E-state index < -0.39 is 0 Å². The number of rotatable bonds is 8. The van der Waals surface area contributed by atoms with Gasteiger partial charge in [-0.3, -0.25) is 4.79 Å². The highest BCUT2D eigenvalue weighted by molar-refractivity contribution is 5.90. The molecule has 0 spiro atoms. The number of nitrogens with one attached hydrogen (secondary N) is 1. The Kier molecular flexibility index (Phi) is 8.93. The van der Waals surface area contributed by atoms with Gasteiger partial charge in [0.15, 0.2) is 0 Å². The molecule has 0 aliphatic rings. The lowest BCUT2D eigenvalue weighted by atomic mass is 10.1. The van der Waals surface area contributed by atoms with Gasteiger partial charge in [0, 0.05) is 37.6 Å². The van der Waals surface area contributed by atoms with Crippen LogP contribution in [0.3, 0.4) is 0 Å². The smallest absolute Gasteiger partial charge is 0.224 e. The minimum absolute atomic E-state index is 0. The zero-order valence-electron chi connectivity index (χ0n) is 15.8. The van der Waals surface area contributed by atoms with Crippen molar-refractivity contribution in [1.82, 2.24) is 4.98 Å². The first-order valence-electron chi connectivity index (χ1n) is 8.74. The summed E-state index contributed by atoms with van der Waals surface area (Å²) < 4.78 is 0. The lowest BCUT2D eigenvalue weighted by Crippen LogP contribution is -2.12. The Morgan fingerprint density at radius 1 is 1.12 bits per heavy atom. The van der Waals surface area contributed by atoms with E-state index in [1.54, 1.807) is 0 Å². The number of hydrogen-bond donors (Lipinski definition) is 2. The Balaban J connectivity index is 0.00000338. The molecule has 0 saturated heterocycles. The molecule has 0 aliphatic carbocycles. The van der Waals surface area contributed by atoms with Crippen molar-refractivity contribution in [2.75, 3.05) is 30.0 Å². The van der Waals surface area contributed by atoms with E-state index in [2.05, 4.69) is 16.4 Å². The Labute approximate surface area is 162 Å². The number of anilines is 3. The van der Waals surface area contributed by atoms with Gasteiger partial charge in [-0.25, -0.2) is 4.98 Å². The average Bonchev–Trinajstić information content (AvgIpc) is 2.54. The Bertz CT molecular complexity index is 681. The maximum atomic E-state index is 12.0. The highest BCUT2D eigenvalue weighted by Gasteiger charge is 2.04. The van der Waals surface area contributed by atoms with E-state index in [0.29, 0.717) is 12.2 Å². The van der Waals surface area contributed by atoms with Crippen LogP contribution >= 0.6 is 12.4 Å². The quantitative estimate of drug-likeness (QED) is 0.677. The summed E-state index contributed by atoms with van der Waals surface area (Å²) in [5.74, 6) is 0.644. The van der Waals surface area contributed by atoms with Crippen LogP contribution in [0.1, 0.15) is 36.9 Å². The number of carbonyl (C=O) groups is 1. The molecule has 0 fully saturated rings. The van der Waals surface area contributed by atoms with Crippen molar-refractivity contribution in [1.29, 1.82) is 0 Å². The van der Waals surface area contributed by atoms with Crippen molar-refractivity contribution in [3.8, 4) is 0 Å². The topological polar surface area (TPSA) is 71.2 Å². The number of hydrogen-bond acceptors (Lipinski definition) is 4. The van der Waals surface area contributed by atoms with Gasteiger partial charge in [0.25, 0.3) is 0 Å². The van der Waals surface area contributed by atoms with Gasteiger partial charge in [0.1, 0.15) is 5.82 Å². The van der Waals surface area contributed by atoms with Crippen molar-refractivity contribution >= 4 is 35.5 Å². The number of nitrogens with two attached hydrogens (primary N) is 1. The third kappa shape index (κ3) is 7.31. The lowest BCUT2D eigenvalue weighted by Gasteiger charge is -2.13. The summed E-state index contributed by atoms with van der Waals surface area (Å²) in [4.78, 5) is 18.4. The average molecular weight is 377 g/mol. The van der Waals surface area contributed by atoms with Gasteiger partial charge in [-0.05, 0) is 68.1 Å². The highest BCUT2D eigenvalue weighted by atomic mass is 35.5. The maximum Gasteiger partial charge on any atom is 0.224 e. The molecule has 1 heterocycles. The van der Waals surface area contributed by atoms with Crippen LogP contribution in [0.5, 0.6) is 0 Å². The van der Waals surface area contributed by atoms with Gasteiger partial charge in [0.05, 0.1) is 0 Å². The molecule has 5 nitrogen and oxygen atoms in total. The summed E-state index contributed by atoms with van der Waals surface area (Å²) in [7, 11) is 3.99. The molecule has 0 unspecified atom stereocenters. The van der Waals surface area contributed by atoms with Crippen LogP contribution in [0, 0.1) is 6.92 Å². The summed E-state index contributed by atoms with van der Waals surface area (Å²) in [6.07, 6.45) is 4.34. The number of nitrogens with zero attached hydrogens (tertiary/aromatic N) is 2. The Hall–Kier alpha value is -2.27. The molecule has 3 N–H and O–H groups in total. The lowest BCUT2D eigenvalue weighted by molar-refractivity contribution is -0.116. The molecule has 1 amide bonds. The van der Waals surface area contributed by atoms with Gasteiger partial charge in [0.2, 0.25) is 5.91 Å². The van der Waals surface area contributed by atoms with Crippen molar-refractivity contribution < 1.29 is 4.79 Å². The molecule has 0 atom stereocenters. The number of pyridine rings is 1. The number of nitrogen functional groups attached to an aromatic ring is 1. The molecule has 0 radical (unpaired) electrons. The van der Waals surface area contributed by atoms with Gasteiger partial charge < -0.3 is 16.0 Å². The van der Waals surface area contributed by atoms with E-state index in [1.165, 1.54) is 0 Å². The molecule has 142 valence electrons. The first-order valence-corrected chi connectivity index (χ1v) is 8.74. The highest BCUT2D eigenvalue weighted by Crippen LogP contribution is 2.16. The van der Waals surface area contributed by atoms with Gasteiger partial charge >= 0.3 is 0 Å². The molecule has 26 heavy (non-hydrogen) atoms. The predicted octanol–water partition coefficient (Wildman–Crippen LogP) is 4.20. The first-order chi connectivity index (χ1) is 11.9. The largest absolute Gasteiger partial charge is 0.384 e. The summed E-state index contributed by atoms with van der Waals surface area (Å²) in [5, 5.41) is 2.95.